The number of rotatable bonds is 0. The van der Waals surface area contributed by atoms with Crippen molar-refractivity contribution in [3.05, 3.63) is 0 Å². The zero-order chi connectivity index (χ0) is 3.86. The van der Waals surface area contributed by atoms with Crippen LogP contribution in [-0.4, -0.2) is 24.5 Å². The molecule has 0 saturated carbocycles. The van der Waals surface area contributed by atoms with Crippen LogP contribution >= 0.6 is 0 Å². The largest absolute Gasteiger partial charge is 0.301 e. The number of hydrogen-bond acceptors (Lipinski definition) is 1. The first-order valence-corrected chi connectivity index (χ1v) is 2.01. The normalized spacial score (nSPS) is 49.2. The lowest BCUT2D eigenvalue weighted by Crippen LogP contribution is -1.84. The summed E-state index contributed by atoms with van der Waals surface area (Å²) in [4.78, 5) is 2.29. The summed E-state index contributed by atoms with van der Waals surface area (Å²) in [6.07, 6.45) is 0. The second-order valence-corrected chi connectivity index (χ2v) is 1.79. The molecule has 0 aromatic rings. The lowest BCUT2D eigenvalue weighted by Gasteiger charge is -1.75. The second-order valence-electron chi connectivity index (χ2n) is 1.79. The molecule has 0 N–H and O–H groups in total. The minimum atomic E-state index is 0.884. The molecule has 1 aliphatic rings. The fourth-order valence-corrected chi connectivity index (χ4v) is 0.370. The van der Waals surface area contributed by atoms with Crippen LogP contribution in [0.4, 0.5) is 0 Å². The molecular weight excluding hydrogens is 62.1 g/mol. The van der Waals surface area contributed by atoms with E-state index in [9.17, 15) is 0 Å². The van der Waals surface area contributed by atoms with Crippen molar-refractivity contribution in [2.45, 2.75) is 13.0 Å². The van der Waals surface area contributed by atoms with Crippen LogP contribution < -0.4 is 0 Å². The Bertz CT molecular complexity index is 36.9. The summed E-state index contributed by atoms with van der Waals surface area (Å²) in [5.74, 6) is 0. The van der Waals surface area contributed by atoms with Gasteiger partial charge in [-0.2, -0.15) is 0 Å². The van der Waals surface area contributed by atoms with Crippen LogP contribution in [0.3, 0.4) is 0 Å². The van der Waals surface area contributed by atoms with Gasteiger partial charge in [-0.1, -0.05) is 0 Å². The molecule has 2 atom stereocenters. The van der Waals surface area contributed by atoms with Crippen LogP contribution in [0, 0.1) is 0 Å². The number of hydrogen-bond donors (Lipinski definition) is 0. The van der Waals surface area contributed by atoms with Crippen LogP contribution in [0.1, 0.15) is 6.92 Å². The van der Waals surface area contributed by atoms with E-state index < -0.39 is 0 Å². The number of likely N-dealkylation sites (N-methyl/N-ethyl adjacent to an activating group) is 1. The molecule has 1 unspecified atom stereocenters. The summed E-state index contributed by atoms with van der Waals surface area (Å²) < 4.78 is 0. The van der Waals surface area contributed by atoms with Gasteiger partial charge >= 0.3 is 0 Å². The summed E-state index contributed by atoms with van der Waals surface area (Å²) in [6.45, 7) is 3.53. The molecular formula is C4H9N. The van der Waals surface area contributed by atoms with Crippen LogP contribution in [0.25, 0.3) is 0 Å². The van der Waals surface area contributed by atoms with Gasteiger partial charge in [0.1, 0.15) is 0 Å². The van der Waals surface area contributed by atoms with Gasteiger partial charge in [0.05, 0.1) is 0 Å². The van der Waals surface area contributed by atoms with E-state index in [2.05, 4.69) is 18.9 Å². The smallest absolute Gasteiger partial charge is 0.0192 e. The van der Waals surface area contributed by atoms with E-state index in [0.717, 1.165) is 6.04 Å². The molecule has 0 aromatic carbocycles. The maximum atomic E-state index is 2.29. The Balaban J connectivity index is 2.20. The highest BCUT2D eigenvalue weighted by Gasteiger charge is 2.22. The van der Waals surface area contributed by atoms with Crippen molar-refractivity contribution >= 4 is 0 Å². The van der Waals surface area contributed by atoms with Gasteiger partial charge in [0.2, 0.25) is 0 Å². The summed E-state index contributed by atoms with van der Waals surface area (Å²) >= 11 is 0. The molecule has 0 spiro atoms. The Morgan fingerprint density at radius 2 is 2.00 bits per heavy atom. The molecule has 0 bridgehead atoms. The third-order valence-corrected chi connectivity index (χ3v) is 1.17. The minimum absolute atomic E-state index is 0.884. The predicted molar refractivity (Wildman–Crippen MR) is 22.1 cm³/mol. The van der Waals surface area contributed by atoms with Crippen molar-refractivity contribution in [2.75, 3.05) is 13.6 Å². The zero-order valence-electron chi connectivity index (χ0n) is 3.73. The first-order chi connectivity index (χ1) is 2.30. The van der Waals surface area contributed by atoms with Crippen LogP contribution in [-0.2, 0) is 0 Å². The topological polar surface area (TPSA) is 3.01 Å². The Morgan fingerprint density at radius 3 is 2.00 bits per heavy atom. The first kappa shape index (κ1) is 3.16. The van der Waals surface area contributed by atoms with E-state index in [1.165, 1.54) is 6.54 Å². The maximum Gasteiger partial charge on any atom is 0.0192 e. The predicted octanol–water partition coefficient (Wildman–Crippen LogP) is 0.320. The van der Waals surface area contributed by atoms with Gasteiger partial charge in [-0.3, -0.25) is 0 Å². The molecule has 1 fully saturated rings. The van der Waals surface area contributed by atoms with Crippen molar-refractivity contribution in [3.8, 4) is 0 Å². The van der Waals surface area contributed by atoms with E-state index in [4.69, 9.17) is 0 Å². The Morgan fingerprint density at radius 1 is 1.80 bits per heavy atom. The monoisotopic (exact) mass is 71.1 g/mol. The van der Waals surface area contributed by atoms with Crippen molar-refractivity contribution in [1.82, 2.24) is 4.90 Å². The van der Waals surface area contributed by atoms with Crippen LogP contribution in [0.2, 0.25) is 0 Å². The molecule has 1 heteroatoms. The van der Waals surface area contributed by atoms with Gasteiger partial charge in [-0.15, -0.1) is 0 Å². The molecule has 30 valence electrons. The average molecular weight is 71.1 g/mol. The van der Waals surface area contributed by atoms with E-state index in [0.29, 0.717) is 0 Å². The zero-order valence-corrected chi connectivity index (χ0v) is 3.73. The van der Waals surface area contributed by atoms with E-state index in [1.54, 1.807) is 0 Å². The van der Waals surface area contributed by atoms with Crippen molar-refractivity contribution < 1.29 is 0 Å². The third kappa shape index (κ3) is 0.428. The van der Waals surface area contributed by atoms with Crippen molar-refractivity contribution in [1.29, 1.82) is 0 Å². The standard InChI is InChI=1S/C4H9N/c1-4-3-5(4)2/h4H,3H2,1-2H3/t4-,5?/m1/s1. The third-order valence-electron chi connectivity index (χ3n) is 1.17. The SMILES string of the molecule is C[C@@H]1CN1C. The molecule has 1 saturated heterocycles. The van der Waals surface area contributed by atoms with Crippen molar-refractivity contribution in [2.24, 2.45) is 0 Å². The van der Waals surface area contributed by atoms with E-state index in [-0.39, 0.29) is 0 Å². The molecule has 1 nitrogen and oxygen atoms in total. The van der Waals surface area contributed by atoms with Crippen LogP contribution in [0.15, 0.2) is 0 Å². The maximum absolute atomic E-state index is 2.29. The molecule has 1 heterocycles. The molecule has 0 aromatic heterocycles. The quantitative estimate of drug-likeness (QED) is 0.372. The Hall–Kier alpha value is -0.0400. The van der Waals surface area contributed by atoms with Crippen molar-refractivity contribution in [3.63, 3.8) is 0 Å². The average Bonchev–Trinajstić information content (AvgIpc) is 1.79. The second kappa shape index (κ2) is 0.716. The van der Waals surface area contributed by atoms with E-state index >= 15 is 0 Å². The van der Waals surface area contributed by atoms with Gasteiger partial charge in [-0.25, -0.2) is 0 Å². The van der Waals surface area contributed by atoms with Gasteiger partial charge in [-0.05, 0) is 14.0 Å². The molecule has 0 radical (unpaired) electrons. The van der Waals surface area contributed by atoms with Gasteiger partial charge in [0.25, 0.3) is 0 Å². The summed E-state index contributed by atoms with van der Waals surface area (Å²) in [7, 11) is 2.13. The Kier molecular flexibility index (Phi) is 0.453. The highest BCUT2D eigenvalue weighted by molar-refractivity contribution is 4.79. The lowest BCUT2D eigenvalue weighted by atomic mass is 10.6. The molecule has 1 rings (SSSR count). The summed E-state index contributed by atoms with van der Waals surface area (Å²) in [5.41, 5.74) is 0. The first-order valence-electron chi connectivity index (χ1n) is 2.01. The highest BCUT2D eigenvalue weighted by Crippen LogP contribution is 2.09. The fraction of sp³-hybridized carbons (Fsp3) is 1.00. The summed E-state index contributed by atoms with van der Waals surface area (Å²) in [5, 5.41) is 0. The fourth-order valence-electron chi connectivity index (χ4n) is 0.370. The molecule has 5 heavy (non-hydrogen) atoms. The van der Waals surface area contributed by atoms with E-state index in [1.807, 2.05) is 0 Å². The number of nitrogens with zero attached hydrogens (tertiary/aromatic N) is 1. The molecule has 0 aliphatic carbocycles. The Labute approximate surface area is 32.6 Å². The lowest BCUT2D eigenvalue weighted by molar-refractivity contribution is 0.638. The van der Waals surface area contributed by atoms with Crippen LogP contribution in [0.5, 0.6) is 0 Å². The summed E-state index contributed by atoms with van der Waals surface area (Å²) in [6, 6.07) is 0.884. The van der Waals surface area contributed by atoms with Gasteiger partial charge in [0.15, 0.2) is 0 Å². The minimum Gasteiger partial charge on any atom is -0.301 e. The van der Waals surface area contributed by atoms with Gasteiger partial charge in [0, 0.05) is 12.6 Å². The van der Waals surface area contributed by atoms with Gasteiger partial charge < -0.3 is 4.90 Å². The molecule has 0 amide bonds. The highest BCUT2D eigenvalue weighted by atomic mass is 15.3. The molecule has 1 aliphatic heterocycles.